The first-order chi connectivity index (χ1) is 9.78. The Kier molecular flexibility index (Phi) is 3.99. The standard InChI is InChI=1S/C16H25N3O/c1-2-3-10-19(13-6-7-13)15-9-8-14(17)16(18-15)20-11-12-4-5-12/h8-9,12-13H,2-7,10-11,17H2,1H3. The molecule has 0 spiro atoms. The zero-order chi connectivity index (χ0) is 13.9. The fraction of sp³-hybridized carbons (Fsp3) is 0.688. The Labute approximate surface area is 121 Å². The number of nitrogen functional groups attached to an aromatic ring is 1. The van der Waals surface area contributed by atoms with Crippen molar-refractivity contribution in [3.8, 4) is 5.88 Å². The van der Waals surface area contributed by atoms with Crippen LogP contribution in [-0.4, -0.2) is 24.2 Å². The van der Waals surface area contributed by atoms with Gasteiger partial charge in [0.15, 0.2) is 0 Å². The zero-order valence-electron chi connectivity index (χ0n) is 12.3. The quantitative estimate of drug-likeness (QED) is 0.791. The average Bonchev–Trinajstić information content (AvgIpc) is 3.33. The lowest BCUT2D eigenvalue weighted by atomic mass is 10.3. The van der Waals surface area contributed by atoms with Crippen LogP contribution in [0.5, 0.6) is 5.88 Å². The summed E-state index contributed by atoms with van der Waals surface area (Å²) in [4.78, 5) is 7.09. The lowest BCUT2D eigenvalue weighted by molar-refractivity contribution is 0.290. The minimum Gasteiger partial charge on any atom is -0.476 e. The summed E-state index contributed by atoms with van der Waals surface area (Å²) in [5.41, 5.74) is 6.64. The van der Waals surface area contributed by atoms with Gasteiger partial charge in [0.25, 0.3) is 0 Å². The fourth-order valence-corrected chi connectivity index (χ4v) is 2.40. The third-order valence-electron chi connectivity index (χ3n) is 4.06. The highest BCUT2D eigenvalue weighted by atomic mass is 16.5. The first-order valence-electron chi connectivity index (χ1n) is 7.94. The number of ether oxygens (including phenoxy) is 1. The Bertz CT molecular complexity index is 455. The van der Waals surface area contributed by atoms with Crippen LogP contribution in [0, 0.1) is 5.92 Å². The highest BCUT2D eigenvalue weighted by molar-refractivity contribution is 5.55. The third-order valence-corrected chi connectivity index (χ3v) is 4.06. The molecule has 2 fully saturated rings. The van der Waals surface area contributed by atoms with Gasteiger partial charge in [0.1, 0.15) is 5.82 Å². The van der Waals surface area contributed by atoms with E-state index in [-0.39, 0.29) is 0 Å². The van der Waals surface area contributed by atoms with E-state index in [1.807, 2.05) is 12.1 Å². The number of unbranched alkanes of at least 4 members (excludes halogenated alkanes) is 1. The highest BCUT2D eigenvalue weighted by Crippen LogP contribution is 2.34. The molecule has 0 saturated heterocycles. The van der Waals surface area contributed by atoms with Crippen LogP contribution in [0.2, 0.25) is 0 Å². The molecule has 2 N–H and O–H groups in total. The summed E-state index contributed by atoms with van der Waals surface area (Å²) in [6, 6.07) is 4.65. The van der Waals surface area contributed by atoms with Crippen LogP contribution in [0.15, 0.2) is 12.1 Å². The summed E-state index contributed by atoms with van der Waals surface area (Å²) in [6.45, 7) is 4.07. The Morgan fingerprint density at radius 3 is 2.75 bits per heavy atom. The monoisotopic (exact) mass is 275 g/mol. The van der Waals surface area contributed by atoms with E-state index in [2.05, 4.69) is 16.8 Å². The Hall–Kier alpha value is -1.45. The van der Waals surface area contributed by atoms with E-state index in [1.54, 1.807) is 0 Å². The molecular weight excluding hydrogens is 250 g/mol. The maximum absolute atomic E-state index is 5.98. The van der Waals surface area contributed by atoms with Crippen molar-refractivity contribution in [1.29, 1.82) is 0 Å². The summed E-state index contributed by atoms with van der Waals surface area (Å²) in [7, 11) is 0. The summed E-state index contributed by atoms with van der Waals surface area (Å²) >= 11 is 0. The van der Waals surface area contributed by atoms with Crippen LogP contribution in [0.4, 0.5) is 11.5 Å². The van der Waals surface area contributed by atoms with E-state index in [0.717, 1.165) is 24.9 Å². The Balaban J connectivity index is 1.71. The number of rotatable bonds is 8. The van der Waals surface area contributed by atoms with Crippen molar-refractivity contribution < 1.29 is 4.74 Å². The van der Waals surface area contributed by atoms with Gasteiger partial charge in [0.2, 0.25) is 5.88 Å². The summed E-state index contributed by atoms with van der Waals surface area (Å²) in [5, 5.41) is 0. The fourth-order valence-electron chi connectivity index (χ4n) is 2.40. The van der Waals surface area contributed by atoms with Crippen LogP contribution in [0.1, 0.15) is 45.4 Å². The third kappa shape index (κ3) is 3.35. The zero-order valence-corrected chi connectivity index (χ0v) is 12.3. The van der Waals surface area contributed by atoms with Crippen LogP contribution in [0.3, 0.4) is 0 Å². The summed E-state index contributed by atoms with van der Waals surface area (Å²) < 4.78 is 5.79. The van der Waals surface area contributed by atoms with Crippen LogP contribution in [-0.2, 0) is 0 Å². The van der Waals surface area contributed by atoms with Gasteiger partial charge in [-0.3, -0.25) is 0 Å². The molecule has 1 aromatic heterocycles. The molecule has 0 unspecified atom stereocenters. The molecule has 0 atom stereocenters. The molecular formula is C16H25N3O. The van der Waals surface area contributed by atoms with Crippen LogP contribution < -0.4 is 15.4 Å². The van der Waals surface area contributed by atoms with Gasteiger partial charge in [-0.05, 0) is 50.2 Å². The molecule has 2 aliphatic rings. The van der Waals surface area contributed by atoms with E-state index in [9.17, 15) is 0 Å². The van der Waals surface area contributed by atoms with Gasteiger partial charge in [0.05, 0.1) is 12.3 Å². The molecule has 0 aromatic carbocycles. The van der Waals surface area contributed by atoms with E-state index < -0.39 is 0 Å². The Morgan fingerprint density at radius 1 is 1.30 bits per heavy atom. The van der Waals surface area contributed by atoms with Crippen LogP contribution >= 0.6 is 0 Å². The van der Waals surface area contributed by atoms with E-state index in [1.165, 1.54) is 38.5 Å². The molecule has 2 saturated carbocycles. The number of aromatic nitrogens is 1. The molecule has 0 amide bonds. The Morgan fingerprint density at radius 2 is 2.10 bits per heavy atom. The molecule has 20 heavy (non-hydrogen) atoms. The second-order valence-electron chi connectivity index (χ2n) is 6.10. The smallest absolute Gasteiger partial charge is 0.239 e. The summed E-state index contributed by atoms with van der Waals surface area (Å²) in [6.07, 6.45) is 7.56. The molecule has 4 heteroatoms. The maximum atomic E-state index is 5.98. The predicted octanol–water partition coefficient (Wildman–Crippen LogP) is 3.22. The molecule has 110 valence electrons. The van der Waals surface area contributed by atoms with E-state index in [4.69, 9.17) is 10.5 Å². The number of hydrogen-bond acceptors (Lipinski definition) is 4. The first kappa shape index (κ1) is 13.5. The molecule has 0 radical (unpaired) electrons. The van der Waals surface area contributed by atoms with Gasteiger partial charge in [-0.2, -0.15) is 4.98 Å². The first-order valence-corrected chi connectivity index (χ1v) is 7.94. The number of pyridine rings is 1. The average molecular weight is 275 g/mol. The number of nitrogens with two attached hydrogens (primary N) is 1. The van der Waals surface area contributed by atoms with Crippen molar-refractivity contribution in [3.05, 3.63) is 12.1 Å². The molecule has 4 nitrogen and oxygen atoms in total. The van der Waals surface area contributed by atoms with Gasteiger partial charge in [0, 0.05) is 12.6 Å². The van der Waals surface area contributed by atoms with E-state index in [0.29, 0.717) is 17.6 Å². The lowest BCUT2D eigenvalue weighted by Crippen LogP contribution is -2.27. The summed E-state index contributed by atoms with van der Waals surface area (Å²) in [5.74, 6) is 2.37. The number of anilines is 2. The maximum Gasteiger partial charge on any atom is 0.239 e. The van der Waals surface area contributed by atoms with E-state index >= 15 is 0 Å². The minimum atomic E-state index is 0.622. The van der Waals surface area contributed by atoms with Crippen molar-refractivity contribution in [3.63, 3.8) is 0 Å². The van der Waals surface area contributed by atoms with Crippen molar-refractivity contribution in [2.75, 3.05) is 23.8 Å². The van der Waals surface area contributed by atoms with Crippen molar-refractivity contribution in [2.24, 2.45) is 5.92 Å². The number of nitrogens with zero attached hydrogens (tertiary/aromatic N) is 2. The second kappa shape index (κ2) is 5.90. The van der Waals surface area contributed by atoms with Gasteiger partial charge in [-0.15, -0.1) is 0 Å². The highest BCUT2D eigenvalue weighted by Gasteiger charge is 2.30. The number of hydrogen-bond donors (Lipinski definition) is 1. The molecule has 1 heterocycles. The minimum absolute atomic E-state index is 0.622. The molecule has 0 bridgehead atoms. The topological polar surface area (TPSA) is 51.4 Å². The van der Waals surface area contributed by atoms with Crippen molar-refractivity contribution in [1.82, 2.24) is 4.98 Å². The normalized spacial score (nSPS) is 18.1. The van der Waals surface area contributed by atoms with Gasteiger partial charge >= 0.3 is 0 Å². The molecule has 0 aliphatic heterocycles. The van der Waals surface area contributed by atoms with Crippen molar-refractivity contribution in [2.45, 2.75) is 51.5 Å². The molecule has 3 rings (SSSR count). The van der Waals surface area contributed by atoms with Gasteiger partial charge < -0.3 is 15.4 Å². The molecule has 1 aromatic rings. The lowest BCUT2D eigenvalue weighted by Gasteiger charge is -2.24. The largest absolute Gasteiger partial charge is 0.476 e. The van der Waals surface area contributed by atoms with Crippen molar-refractivity contribution >= 4 is 11.5 Å². The predicted molar refractivity (Wildman–Crippen MR) is 82.1 cm³/mol. The van der Waals surface area contributed by atoms with Gasteiger partial charge in [-0.1, -0.05) is 13.3 Å². The van der Waals surface area contributed by atoms with Gasteiger partial charge in [-0.25, -0.2) is 0 Å². The SMILES string of the molecule is CCCCN(c1ccc(N)c(OCC2CC2)n1)C1CC1. The molecule has 2 aliphatic carbocycles. The second-order valence-corrected chi connectivity index (χ2v) is 6.10. The van der Waals surface area contributed by atoms with Crippen LogP contribution in [0.25, 0.3) is 0 Å².